The molecule has 84 valence electrons. The van der Waals surface area contributed by atoms with Crippen LogP contribution >= 0.6 is 15.9 Å². The first-order valence-corrected chi connectivity index (χ1v) is 5.66. The zero-order chi connectivity index (χ0) is 11.3. The number of hydrogen-bond donors (Lipinski definition) is 0. The van der Waals surface area contributed by atoms with Gasteiger partial charge in [-0.3, -0.25) is 0 Å². The summed E-state index contributed by atoms with van der Waals surface area (Å²) in [6.07, 6.45) is 0.994. The van der Waals surface area contributed by atoms with Gasteiger partial charge in [-0.15, -0.1) is 0 Å². The van der Waals surface area contributed by atoms with E-state index in [1.54, 1.807) is 6.07 Å². The van der Waals surface area contributed by atoms with E-state index in [2.05, 4.69) is 30.8 Å². The lowest BCUT2D eigenvalue weighted by atomic mass is 10.4. The Morgan fingerprint density at radius 2 is 2.13 bits per heavy atom. The van der Waals surface area contributed by atoms with Crippen molar-refractivity contribution in [3.05, 3.63) is 16.5 Å². The average Bonchev–Trinajstić information content (AvgIpc) is 2.10. The van der Waals surface area contributed by atoms with E-state index < -0.39 is 0 Å². The Morgan fingerprint density at radius 3 is 2.73 bits per heavy atom. The van der Waals surface area contributed by atoms with Gasteiger partial charge >= 0.3 is 0 Å². The summed E-state index contributed by atoms with van der Waals surface area (Å²) < 4.78 is 6.27. The predicted molar refractivity (Wildman–Crippen MR) is 63.1 cm³/mol. The molecule has 5 heteroatoms. The van der Waals surface area contributed by atoms with Crippen LogP contribution in [-0.2, 0) is 0 Å². The number of ether oxygens (including phenoxy) is 1. The quantitative estimate of drug-likeness (QED) is 0.607. The van der Waals surface area contributed by atoms with Gasteiger partial charge in [-0.05, 0) is 43.4 Å². The van der Waals surface area contributed by atoms with Crippen LogP contribution < -0.4 is 4.74 Å². The highest BCUT2D eigenvalue weighted by Gasteiger charge is 2.00. The lowest BCUT2D eigenvalue weighted by molar-refractivity contribution is 0.272. The molecular formula is C10H16BrN3O. The Balaban J connectivity index is 2.37. The van der Waals surface area contributed by atoms with E-state index >= 15 is 0 Å². The second kappa shape index (κ2) is 6.02. The van der Waals surface area contributed by atoms with Crippen LogP contribution in [0.4, 0.5) is 0 Å². The summed E-state index contributed by atoms with van der Waals surface area (Å²) in [5.41, 5.74) is 0. The summed E-state index contributed by atoms with van der Waals surface area (Å²) in [6.45, 7) is 3.55. The van der Waals surface area contributed by atoms with Crippen molar-refractivity contribution in [1.29, 1.82) is 0 Å². The molecule has 0 amide bonds. The standard InChI is InChI=1S/C10H16BrN3O/c1-8-12-9(11)7-10(13-8)15-6-4-5-14(2)3/h7H,4-6H2,1-3H3. The normalized spacial score (nSPS) is 10.7. The molecule has 4 nitrogen and oxygen atoms in total. The fraction of sp³-hybridized carbons (Fsp3) is 0.600. The first-order valence-electron chi connectivity index (χ1n) is 4.86. The molecule has 1 aromatic rings. The minimum atomic E-state index is 0.633. The van der Waals surface area contributed by atoms with Gasteiger partial charge in [0.2, 0.25) is 5.88 Å². The molecule has 0 bridgehead atoms. The molecular weight excluding hydrogens is 258 g/mol. The Labute approximate surface area is 98.8 Å². The lowest BCUT2D eigenvalue weighted by Crippen LogP contribution is -2.15. The van der Waals surface area contributed by atoms with Gasteiger partial charge in [0.05, 0.1) is 6.61 Å². The smallest absolute Gasteiger partial charge is 0.217 e. The van der Waals surface area contributed by atoms with Crippen molar-refractivity contribution in [2.45, 2.75) is 13.3 Å². The third kappa shape index (κ3) is 5.09. The van der Waals surface area contributed by atoms with E-state index in [-0.39, 0.29) is 0 Å². The number of halogens is 1. The number of nitrogens with zero attached hydrogens (tertiary/aromatic N) is 3. The maximum Gasteiger partial charge on any atom is 0.217 e. The monoisotopic (exact) mass is 273 g/mol. The van der Waals surface area contributed by atoms with Crippen LogP contribution in [0.15, 0.2) is 10.7 Å². The molecule has 0 saturated heterocycles. The first kappa shape index (κ1) is 12.4. The molecule has 0 aromatic carbocycles. The molecule has 0 fully saturated rings. The summed E-state index contributed by atoms with van der Waals surface area (Å²) in [6, 6.07) is 1.78. The van der Waals surface area contributed by atoms with E-state index in [0.29, 0.717) is 18.3 Å². The van der Waals surface area contributed by atoms with E-state index in [4.69, 9.17) is 4.74 Å². The van der Waals surface area contributed by atoms with Gasteiger partial charge in [-0.2, -0.15) is 4.98 Å². The minimum Gasteiger partial charge on any atom is -0.478 e. The van der Waals surface area contributed by atoms with Crippen molar-refractivity contribution in [2.24, 2.45) is 0 Å². The van der Waals surface area contributed by atoms with Crippen molar-refractivity contribution in [3.8, 4) is 5.88 Å². The van der Waals surface area contributed by atoms with Crippen LogP contribution in [0.25, 0.3) is 0 Å². The number of rotatable bonds is 5. The van der Waals surface area contributed by atoms with Crippen LogP contribution in [0.3, 0.4) is 0 Å². The van der Waals surface area contributed by atoms with Gasteiger partial charge in [0.1, 0.15) is 10.4 Å². The highest BCUT2D eigenvalue weighted by atomic mass is 79.9. The molecule has 1 rings (SSSR count). The molecule has 0 saturated carbocycles. The van der Waals surface area contributed by atoms with Gasteiger partial charge < -0.3 is 9.64 Å². The molecule has 15 heavy (non-hydrogen) atoms. The lowest BCUT2D eigenvalue weighted by Gasteiger charge is -2.10. The topological polar surface area (TPSA) is 38.2 Å². The fourth-order valence-corrected chi connectivity index (χ4v) is 1.59. The van der Waals surface area contributed by atoms with Gasteiger partial charge in [0.25, 0.3) is 0 Å². The molecule has 0 spiro atoms. The predicted octanol–water partition coefficient (Wildman–Crippen LogP) is 1.88. The molecule has 1 heterocycles. The number of aryl methyl sites for hydroxylation is 1. The molecule has 0 unspecified atom stereocenters. The SMILES string of the molecule is Cc1nc(Br)cc(OCCCN(C)C)n1. The molecule has 1 aromatic heterocycles. The first-order chi connectivity index (χ1) is 7.08. The highest BCUT2D eigenvalue weighted by Crippen LogP contribution is 2.13. The Hall–Kier alpha value is -0.680. The van der Waals surface area contributed by atoms with E-state index in [9.17, 15) is 0 Å². The minimum absolute atomic E-state index is 0.633. The summed E-state index contributed by atoms with van der Waals surface area (Å²) in [5, 5.41) is 0. The second-order valence-corrected chi connectivity index (χ2v) is 4.39. The zero-order valence-corrected chi connectivity index (χ0v) is 10.9. The highest BCUT2D eigenvalue weighted by molar-refractivity contribution is 9.10. The number of aromatic nitrogens is 2. The fourth-order valence-electron chi connectivity index (χ4n) is 1.14. The summed E-state index contributed by atoms with van der Waals surface area (Å²) in [4.78, 5) is 10.4. The van der Waals surface area contributed by atoms with Crippen LogP contribution in [0.2, 0.25) is 0 Å². The molecule has 0 aliphatic carbocycles. The van der Waals surface area contributed by atoms with Crippen molar-refractivity contribution >= 4 is 15.9 Å². The van der Waals surface area contributed by atoms with Crippen molar-refractivity contribution < 1.29 is 4.74 Å². The maximum atomic E-state index is 5.51. The van der Waals surface area contributed by atoms with Gasteiger partial charge in [-0.25, -0.2) is 4.98 Å². The zero-order valence-electron chi connectivity index (χ0n) is 9.33. The van der Waals surface area contributed by atoms with Gasteiger partial charge in [0, 0.05) is 12.6 Å². The molecule has 0 atom stereocenters. The van der Waals surface area contributed by atoms with E-state index in [0.717, 1.165) is 17.6 Å². The van der Waals surface area contributed by atoms with Crippen LogP contribution in [-0.4, -0.2) is 42.1 Å². The summed E-state index contributed by atoms with van der Waals surface area (Å²) in [7, 11) is 4.09. The molecule has 0 radical (unpaired) electrons. The van der Waals surface area contributed by atoms with Crippen LogP contribution in [0.1, 0.15) is 12.2 Å². The molecule has 0 N–H and O–H groups in total. The van der Waals surface area contributed by atoms with Crippen molar-refractivity contribution in [1.82, 2.24) is 14.9 Å². The summed E-state index contributed by atoms with van der Waals surface area (Å²) in [5.74, 6) is 1.35. The van der Waals surface area contributed by atoms with Crippen molar-refractivity contribution in [3.63, 3.8) is 0 Å². The Kier molecular flexibility index (Phi) is 4.98. The second-order valence-electron chi connectivity index (χ2n) is 3.58. The number of hydrogen-bond acceptors (Lipinski definition) is 4. The van der Waals surface area contributed by atoms with Gasteiger partial charge in [-0.1, -0.05) is 0 Å². The van der Waals surface area contributed by atoms with Crippen molar-refractivity contribution in [2.75, 3.05) is 27.2 Å². The summed E-state index contributed by atoms with van der Waals surface area (Å²) >= 11 is 3.31. The Bertz CT molecular complexity index is 297. The average molecular weight is 274 g/mol. The van der Waals surface area contributed by atoms with Gasteiger partial charge in [0.15, 0.2) is 0 Å². The third-order valence-electron chi connectivity index (χ3n) is 1.78. The molecule has 0 aliphatic heterocycles. The Morgan fingerprint density at radius 1 is 1.40 bits per heavy atom. The third-order valence-corrected chi connectivity index (χ3v) is 2.19. The van der Waals surface area contributed by atoms with E-state index in [1.165, 1.54) is 0 Å². The largest absolute Gasteiger partial charge is 0.478 e. The van der Waals surface area contributed by atoms with E-state index in [1.807, 2.05) is 21.0 Å². The van der Waals surface area contributed by atoms with Crippen LogP contribution in [0, 0.1) is 6.92 Å². The van der Waals surface area contributed by atoms with Crippen LogP contribution in [0.5, 0.6) is 5.88 Å². The maximum absolute atomic E-state index is 5.51. The molecule has 0 aliphatic rings.